The predicted octanol–water partition coefficient (Wildman–Crippen LogP) is 2.64. The Morgan fingerprint density at radius 2 is 2.04 bits per heavy atom. The highest BCUT2D eigenvalue weighted by Gasteiger charge is 2.12. The van der Waals surface area contributed by atoms with E-state index in [1.165, 1.54) is 18.5 Å². The zero-order chi connectivity index (χ0) is 16.2. The second kappa shape index (κ2) is 6.39. The standard InChI is InChI=1S/C17H15FN4O/c1-12-5-2-3-8-15(12)22-11-20-16(21-22)17(23)19-10-13-6-4-7-14(18)9-13/h2-9,11H,10H2,1H3,(H,19,23). The van der Waals surface area contributed by atoms with E-state index in [9.17, 15) is 9.18 Å². The van der Waals surface area contributed by atoms with Gasteiger partial charge in [0.25, 0.3) is 5.91 Å². The summed E-state index contributed by atoms with van der Waals surface area (Å²) in [5.41, 5.74) is 2.57. The summed E-state index contributed by atoms with van der Waals surface area (Å²) in [5, 5.41) is 6.87. The number of hydrogen-bond acceptors (Lipinski definition) is 3. The van der Waals surface area contributed by atoms with Gasteiger partial charge < -0.3 is 5.32 Å². The van der Waals surface area contributed by atoms with Crippen LogP contribution in [-0.4, -0.2) is 20.7 Å². The first-order valence-corrected chi connectivity index (χ1v) is 7.14. The van der Waals surface area contributed by atoms with Crippen molar-refractivity contribution in [2.75, 3.05) is 0 Å². The van der Waals surface area contributed by atoms with Gasteiger partial charge in [-0.1, -0.05) is 30.3 Å². The molecule has 0 bridgehead atoms. The molecule has 0 fully saturated rings. The Hall–Kier alpha value is -3.02. The van der Waals surface area contributed by atoms with Gasteiger partial charge >= 0.3 is 0 Å². The van der Waals surface area contributed by atoms with E-state index in [-0.39, 0.29) is 18.2 Å². The fraction of sp³-hybridized carbons (Fsp3) is 0.118. The van der Waals surface area contributed by atoms with Gasteiger partial charge in [0.15, 0.2) is 0 Å². The highest BCUT2D eigenvalue weighted by atomic mass is 19.1. The Morgan fingerprint density at radius 1 is 1.22 bits per heavy atom. The molecule has 0 radical (unpaired) electrons. The highest BCUT2D eigenvalue weighted by Crippen LogP contribution is 2.11. The monoisotopic (exact) mass is 310 g/mol. The molecule has 1 heterocycles. The molecule has 0 aliphatic heterocycles. The Kier molecular flexibility index (Phi) is 4.14. The Balaban J connectivity index is 1.70. The first-order valence-electron chi connectivity index (χ1n) is 7.14. The summed E-state index contributed by atoms with van der Waals surface area (Å²) in [4.78, 5) is 16.1. The molecule has 0 saturated heterocycles. The molecule has 0 atom stereocenters. The maximum absolute atomic E-state index is 13.1. The lowest BCUT2D eigenvalue weighted by molar-refractivity contribution is 0.0940. The number of aryl methyl sites for hydroxylation is 1. The summed E-state index contributed by atoms with van der Waals surface area (Å²) in [5.74, 6) is -0.662. The number of nitrogens with one attached hydrogen (secondary N) is 1. The molecule has 0 aliphatic rings. The van der Waals surface area contributed by atoms with Gasteiger partial charge in [-0.05, 0) is 36.2 Å². The van der Waals surface area contributed by atoms with Gasteiger partial charge in [0.2, 0.25) is 5.82 Å². The van der Waals surface area contributed by atoms with Crippen molar-refractivity contribution in [2.24, 2.45) is 0 Å². The van der Waals surface area contributed by atoms with Crippen LogP contribution in [0.5, 0.6) is 0 Å². The number of carbonyl (C=O) groups excluding carboxylic acids is 1. The maximum Gasteiger partial charge on any atom is 0.291 e. The molecular formula is C17H15FN4O. The minimum atomic E-state index is -0.401. The molecule has 1 amide bonds. The van der Waals surface area contributed by atoms with Crippen LogP contribution in [0.4, 0.5) is 4.39 Å². The van der Waals surface area contributed by atoms with Crippen molar-refractivity contribution < 1.29 is 9.18 Å². The van der Waals surface area contributed by atoms with Crippen LogP contribution < -0.4 is 5.32 Å². The van der Waals surface area contributed by atoms with E-state index in [1.807, 2.05) is 31.2 Å². The van der Waals surface area contributed by atoms with Crippen LogP contribution in [0.1, 0.15) is 21.7 Å². The van der Waals surface area contributed by atoms with E-state index in [0.717, 1.165) is 11.3 Å². The van der Waals surface area contributed by atoms with Crippen molar-refractivity contribution >= 4 is 5.91 Å². The molecule has 6 heteroatoms. The van der Waals surface area contributed by atoms with Gasteiger partial charge in [-0.15, -0.1) is 5.10 Å². The number of rotatable bonds is 4. The van der Waals surface area contributed by atoms with Gasteiger partial charge in [0.1, 0.15) is 12.1 Å². The Labute approximate surface area is 132 Å². The van der Waals surface area contributed by atoms with Crippen LogP contribution in [0, 0.1) is 12.7 Å². The largest absolute Gasteiger partial charge is 0.345 e. The number of halogens is 1. The van der Waals surface area contributed by atoms with E-state index in [2.05, 4.69) is 15.4 Å². The van der Waals surface area contributed by atoms with E-state index in [1.54, 1.807) is 16.8 Å². The molecular weight excluding hydrogens is 295 g/mol. The number of nitrogens with zero attached hydrogens (tertiary/aromatic N) is 3. The molecule has 23 heavy (non-hydrogen) atoms. The first kappa shape index (κ1) is 14.9. The molecule has 3 rings (SSSR count). The number of aromatic nitrogens is 3. The van der Waals surface area contributed by atoms with Crippen molar-refractivity contribution in [1.29, 1.82) is 0 Å². The fourth-order valence-corrected chi connectivity index (χ4v) is 2.21. The average Bonchev–Trinajstić information content (AvgIpc) is 3.03. The fourth-order valence-electron chi connectivity index (χ4n) is 2.21. The quantitative estimate of drug-likeness (QED) is 0.806. The van der Waals surface area contributed by atoms with Crippen LogP contribution in [-0.2, 0) is 6.54 Å². The molecule has 3 aromatic rings. The lowest BCUT2D eigenvalue weighted by atomic mass is 10.2. The Bertz CT molecular complexity index is 844. The van der Waals surface area contributed by atoms with E-state index in [0.29, 0.717) is 5.56 Å². The highest BCUT2D eigenvalue weighted by molar-refractivity contribution is 5.90. The second-order valence-corrected chi connectivity index (χ2v) is 5.11. The molecule has 5 nitrogen and oxygen atoms in total. The molecule has 1 N–H and O–H groups in total. The van der Waals surface area contributed by atoms with Gasteiger partial charge in [-0.3, -0.25) is 4.79 Å². The van der Waals surface area contributed by atoms with Crippen molar-refractivity contribution in [2.45, 2.75) is 13.5 Å². The minimum Gasteiger partial charge on any atom is -0.345 e. The molecule has 0 saturated carbocycles. The third kappa shape index (κ3) is 3.42. The van der Waals surface area contributed by atoms with Gasteiger partial charge in [-0.2, -0.15) is 0 Å². The van der Waals surface area contributed by atoms with Crippen molar-refractivity contribution in [3.8, 4) is 5.69 Å². The summed E-state index contributed by atoms with van der Waals surface area (Å²) in [6, 6.07) is 13.8. The number of hydrogen-bond donors (Lipinski definition) is 1. The summed E-state index contributed by atoms with van der Waals surface area (Å²) >= 11 is 0. The second-order valence-electron chi connectivity index (χ2n) is 5.11. The first-order chi connectivity index (χ1) is 11.1. The van der Waals surface area contributed by atoms with Gasteiger partial charge in [-0.25, -0.2) is 14.1 Å². The zero-order valence-electron chi connectivity index (χ0n) is 12.5. The van der Waals surface area contributed by atoms with Crippen LogP contribution >= 0.6 is 0 Å². The average molecular weight is 310 g/mol. The van der Waals surface area contributed by atoms with Crippen molar-refractivity contribution in [1.82, 2.24) is 20.1 Å². The topological polar surface area (TPSA) is 59.8 Å². The summed E-state index contributed by atoms with van der Waals surface area (Å²) in [7, 11) is 0. The summed E-state index contributed by atoms with van der Waals surface area (Å²) in [6.45, 7) is 2.18. The predicted molar refractivity (Wildman–Crippen MR) is 83.7 cm³/mol. The minimum absolute atomic E-state index is 0.0738. The third-order valence-electron chi connectivity index (χ3n) is 3.40. The lowest BCUT2D eigenvalue weighted by Gasteiger charge is -2.04. The molecule has 0 spiro atoms. The van der Waals surface area contributed by atoms with Crippen LogP contribution in [0.3, 0.4) is 0 Å². The normalized spacial score (nSPS) is 10.5. The third-order valence-corrected chi connectivity index (χ3v) is 3.40. The van der Waals surface area contributed by atoms with E-state index in [4.69, 9.17) is 0 Å². The molecule has 116 valence electrons. The molecule has 0 aliphatic carbocycles. The van der Waals surface area contributed by atoms with E-state index < -0.39 is 5.91 Å². The molecule has 1 aromatic heterocycles. The summed E-state index contributed by atoms with van der Waals surface area (Å²) in [6.07, 6.45) is 1.50. The maximum atomic E-state index is 13.1. The summed E-state index contributed by atoms with van der Waals surface area (Å²) < 4.78 is 14.7. The number of amides is 1. The molecule has 0 unspecified atom stereocenters. The smallest absolute Gasteiger partial charge is 0.291 e. The Morgan fingerprint density at radius 3 is 2.83 bits per heavy atom. The SMILES string of the molecule is Cc1ccccc1-n1cnc(C(=O)NCc2cccc(F)c2)n1. The number of para-hydroxylation sites is 1. The van der Waals surface area contributed by atoms with E-state index >= 15 is 0 Å². The van der Waals surface area contributed by atoms with Crippen molar-refractivity contribution in [3.63, 3.8) is 0 Å². The van der Waals surface area contributed by atoms with Gasteiger partial charge in [0.05, 0.1) is 5.69 Å². The molecule has 2 aromatic carbocycles. The number of benzene rings is 2. The lowest BCUT2D eigenvalue weighted by Crippen LogP contribution is -2.24. The zero-order valence-corrected chi connectivity index (χ0v) is 12.5. The van der Waals surface area contributed by atoms with Crippen LogP contribution in [0.2, 0.25) is 0 Å². The number of carbonyl (C=O) groups is 1. The van der Waals surface area contributed by atoms with Crippen LogP contribution in [0.25, 0.3) is 5.69 Å². The van der Waals surface area contributed by atoms with Crippen LogP contribution in [0.15, 0.2) is 54.9 Å². The van der Waals surface area contributed by atoms with Gasteiger partial charge in [0, 0.05) is 6.54 Å². The van der Waals surface area contributed by atoms with Crippen molar-refractivity contribution in [3.05, 3.63) is 77.6 Å².